The first-order chi connectivity index (χ1) is 10.1. The number of terminal acetylenes is 1. The molecule has 0 aromatic carbocycles. The molecule has 1 aliphatic rings. The van der Waals surface area contributed by atoms with Crippen LogP contribution in [0.3, 0.4) is 0 Å². The van der Waals surface area contributed by atoms with Gasteiger partial charge in [-0.2, -0.15) is 0 Å². The van der Waals surface area contributed by atoms with Gasteiger partial charge in [0.1, 0.15) is 5.82 Å². The topological polar surface area (TPSA) is 66.9 Å². The molecule has 0 spiro atoms. The number of nitrogens with zero attached hydrogens (tertiary/aromatic N) is 2. The van der Waals surface area contributed by atoms with Crippen LogP contribution in [0.5, 0.6) is 0 Å². The van der Waals surface area contributed by atoms with Crippen molar-refractivity contribution in [3.8, 4) is 12.3 Å². The van der Waals surface area contributed by atoms with Crippen LogP contribution in [0.25, 0.3) is 0 Å². The summed E-state index contributed by atoms with van der Waals surface area (Å²) >= 11 is 0. The lowest BCUT2D eigenvalue weighted by atomic mass is 10.1. The lowest BCUT2D eigenvalue weighted by molar-refractivity contribution is 0.237. The van der Waals surface area contributed by atoms with E-state index in [0.717, 1.165) is 11.4 Å². The molecule has 1 saturated carbocycles. The van der Waals surface area contributed by atoms with E-state index < -0.39 is 0 Å². The third-order valence-electron chi connectivity index (χ3n) is 3.50. The fraction of sp³-hybridized carbons (Fsp3) is 0.562. The van der Waals surface area contributed by atoms with Crippen LogP contribution in [-0.2, 0) is 6.42 Å². The largest absolute Gasteiger partial charge is 0.338 e. The summed E-state index contributed by atoms with van der Waals surface area (Å²) in [5, 5.41) is 5.57. The number of amides is 2. The first-order valence-electron chi connectivity index (χ1n) is 7.41. The van der Waals surface area contributed by atoms with Crippen molar-refractivity contribution >= 4 is 6.03 Å². The van der Waals surface area contributed by atoms with Crippen LogP contribution in [0.2, 0.25) is 0 Å². The van der Waals surface area contributed by atoms with Crippen molar-refractivity contribution in [2.24, 2.45) is 5.92 Å². The van der Waals surface area contributed by atoms with Gasteiger partial charge >= 0.3 is 6.03 Å². The number of carbonyl (C=O) groups excluding carboxylic acids is 1. The monoisotopic (exact) mass is 286 g/mol. The molecule has 0 saturated heterocycles. The van der Waals surface area contributed by atoms with E-state index in [1.807, 2.05) is 26.2 Å². The van der Waals surface area contributed by atoms with Gasteiger partial charge < -0.3 is 10.6 Å². The minimum atomic E-state index is -0.244. The van der Waals surface area contributed by atoms with E-state index in [9.17, 15) is 4.79 Å². The highest BCUT2D eigenvalue weighted by Crippen LogP contribution is 2.37. The second-order valence-electron chi connectivity index (χ2n) is 5.76. The molecule has 5 heteroatoms. The van der Waals surface area contributed by atoms with E-state index in [1.165, 1.54) is 12.8 Å². The highest BCUT2D eigenvalue weighted by atomic mass is 16.2. The molecular formula is C16H22N4O. The summed E-state index contributed by atoms with van der Waals surface area (Å²) in [6.07, 6.45) is 12.2. The van der Waals surface area contributed by atoms with Crippen molar-refractivity contribution in [2.75, 3.05) is 6.54 Å². The van der Waals surface area contributed by atoms with Gasteiger partial charge in [-0.25, -0.2) is 14.8 Å². The van der Waals surface area contributed by atoms with Crippen molar-refractivity contribution in [3.63, 3.8) is 0 Å². The van der Waals surface area contributed by atoms with Crippen molar-refractivity contribution in [1.29, 1.82) is 0 Å². The van der Waals surface area contributed by atoms with Gasteiger partial charge in [0.2, 0.25) is 0 Å². The molecule has 0 unspecified atom stereocenters. The summed E-state index contributed by atoms with van der Waals surface area (Å²) in [7, 11) is 0. The molecule has 1 aliphatic carbocycles. The Morgan fingerprint density at radius 2 is 2.10 bits per heavy atom. The maximum atomic E-state index is 11.7. The Balaban J connectivity index is 1.71. The highest BCUT2D eigenvalue weighted by molar-refractivity contribution is 5.74. The van der Waals surface area contributed by atoms with E-state index in [4.69, 9.17) is 6.42 Å². The maximum absolute atomic E-state index is 11.7. The number of urea groups is 1. The van der Waals surface area contributed by atoms with E-state index in [1.54, 1.807) is 0 Å². The summed E-state index contributed by atoms with van der Waals surface area (Å²) in [6, 6.07) is -0.478. The predicted octanol–water partition coefficient (Wildman–Crippen LogP) is 1.85. The summed E-state index contributed by atoms with van der Waals surface area (Å²) in [5.74, 6) is 4.30. The minimum Gasteiger partial charge on any atom is -0.338 e. The highest BCUT2D eigenvalue weighted by Gasteiger charge is 2.26. The van der Waals surface area contributed by atoms with Crippen molar-refractivity contribution in [2.45, 2.75) is 45.1 Å². The van der Waals surface area contributed by atoms with Crippen LogP contribution < -0.4 is 10.6 Å². The maximum Gasteiger partial charge on any atom is 0.315 e. The summed E-state index contributed by atoms with van der Waals surface area (Å²) in [4.78, 5) is 20.4. The molecule has 1 aromatic rings. The fourth-order valence-corrected chi connectivity index (χ4v) is 1.96. The van der Waals surface area contributed by atoms with Gasteiger partial charge in [-0.3, -0.25) is 0 Å². The molecule has 1 heterocycles. The number of nitrogens with one attached hydrogen (secondary N) is 2. The van der Waals surface area contributed by atoms with Crippen LogP contribution in [0, 0.1) is 18.3 Å². The molecule has 5 nitrogen and oxygen atoms in total. The van der Waals surface area contributed by atoms with Gasteiger partial charge in [-0.1, -0.05) is 19.8 Å². The van der Waals surface area contributed by atoms with Crippen molar-refractivity contribution < 1.29 is 4.79 Å². The molecule has 112 valence electrons. The molecule has 1 fully saturated rings. The molecule has 0 bridgehead atoms. The number of rotatable bonds is 6. The van der Waals surface area contributed by atoms with Crippen LogP contribution in [-0.4, -0.2) is 28.6 Å². The van der Waals surface area contributed by atoms with Gasteiger partial charge in [0, 0.05) is 24.9 Å². The molecule has 1 aromatic heterocycles. The average molecular weight is 286 g/mol. The first kappa shape index (κ1) is 15.3. The Bertz CT molecular complexity index is 514. The molecule has 0 aliphatic heterocycles. The van der Waals surface area contributed by atoms with E-state index in [0.29, 0.717) is 18.9 Å². The van der Waals surface area contributed by atoms with Crippen LogP contribution in [0.1, 0.15) is 44.0 Å². The molecule has 1 atom stereocenters. The van der Waals surface area contributed by atoms with Gasteiger partial charge in [-0.15, -0.1) is 6.42 Å². The molecular weight excluding hydrogens is 264 g/mol. The normalized spacial score (nSPS) is 15.3. The van der Waals surface area contributed by atoms with E-state index in [-0.39, 0.29) is 18.0 Å². The number of hydrogen-bond donors (Lipinski definition) is 2. The number of hydrogen-bond acceptors (Lipinski definition) is 3. The number of carbonyl (C=O) groups is 1. The fourth-order valence-electron chi connectivity index (χ4n) is 1.96. The molecule has 2 N–H and O–H groups in total. The molecule has 0 radical (unpaired) electrons. The standard InChI is InChI=1S/C16H22N4O/c1-4-14(11(2)3)20-16(21)17-8-7-12-9-18-15(19-10-12)13-5-6-13/h1,9-11,13-14H,5-8H2,2-3H3,(H2,17,20,21)/t14-/m0/s1. The smallest absolute Gasteiger partial charge is 0.315 e. The third kappa shape index (κ3) is 4.75. The molecule has 21 heavy (non-hydrogen) atoms. The number of aromatic nitrogens is 2. The SMILES string of the molecule is C#C[C@H](NC(=O)NCCc1cnc(C2CC2)nc1)C(C)C. The Kier molecular flexibility index (Phi) is 5.15. The lowest BCUT2D eigenvalue weighted by Gasteiger charge is -2.16. The Morgan fingerprint density at radius 1 is 1.43 bits per heavy atom. The quantitative estimate of drug-likeness (QED) is 0.784. The summed E-state index contributed by atoms with van der Waals surface area (Å²) in [6.45, 7) is 4.49. The van der Waals surface area contributed by atoms with Crippen LogP contribution in [0.15, 0.2) is 12.4 Å². The molecule has 2 amide bonds. The third-order valence-corrected chi connectivity index (χ3v) is 3.50. The van der Waals surface area contributed by atoms with Gasteiger partial charge in [0.15, 0.2) is 0 Å². The average Bonchev–Trinajstić information content (AvgIpc) is 3.30. The van der Waals surface area contributed by atoms with E-state index >= 15 is 0 Å². The second-order valence-corrected chi connectivity index (χ2v) is 5.76. The lowest BCUT2D eigenvalue weighted by Crippen LogP contribution is -2.44. The minimum absolute atomic E-state index is 0.212. The Labute approximate surface area is 126 Å². The van der Waals surface area contributed by atoms with Crippen LogP contribution >= 0.6 is 0 Å². The zero-order valence-electron chi connectivity index (χ0n) is 12.6. The van der Waals surface area contributed by atoms with Crippen molar-refractivity contribution in [1.82, 2.24) is 20.6 Å². The van der Waals surface area contributed by atoms with Gasteiger partial charge in [0.25, 0.3) is 0 Å². The van der Waals surface area contributed by atoms with Gasteiger partial charge in [-0.05, 0) is 30.7 Å². The zero-order valence-corrected chi connectivity index (χ0v) is 12.6. The Morgan fingerprint density at radius 3 is 2.62 bits per heavy atom. The second kappa shape index (κ2) is 7.07. The Hall–Kier alpha value is -2.09. The molecule has 2 rings (SSSR count). The summed E-state index contributed by atoms with van der Waals surface area (Å²) in [5.41, 5.74) is 1.03. The first-order valence-corrected chi connectivity index (χ1v) is 7.41. The predicted molar refractivity (Wildman–Crippen MR) is 81.7 cm³/mol. The zero-order chi connectivity index (χ0) is 15.2. The van der Waals surface area contributed by atoms with Crippen LogP contribution in [0.4, 0.5) is 4.79 Å². The van der Waals surface area contributed by atoms with E-state index in [2.05, 4.69) is 26.5 Å². The summed E-state index contributed by atoms with van der Waals surface area (Å²) < 4.78 is 0. The van der Waals surface area contributed by atoms with Crippen molar-refractivity contribution in [3.05, 3.63) is 23.8 Å². The van der Waals surface area contributed by atoms with Gasteiger partial charge in [0.05, 0.1) is 6.04 Å².